The molecule has 2 aliphatic rings. The maximum atomic E-state index is 13.1. The SMILES string of the molecule is CC(C)(C)N=C1OC(=O)C(C2(NC(C)(C)C)CCCC2)=C1OC(=O)c1ccc([N+](=O)[O-])cc1. The summed E-state index contributed by atoms with van der Waals surface area (Å²) in [6.45, 7) is 11.6. The quantitative estimate of drug-likeness (QED) is 0.394. The Morgan fingerprint density at radius 3 is 2.18 bits per heavy atom. The van der Waals surface area contributed by atoms with Crippen LogP contribution in [0.25, 0.3) is 0 Å². The smallest absolute Gasteiger partial charge is 0.346 e. The van der Waals surface area contributed by atoms with E-state index in [2.05, 4.69) is 10.3 Å². The molecular formula is C24H31N3O6. The highest BCUT2D eigenvalue weighted by Gasteiger charge is 2.51. The second kappa shape index (κ2) is 8.70. The summed E-state index contributed by atoms with van der Waals surface area (Å²) in [6, 6.07) is 5.09. The van der Waals surface area contributed by atoms with Gasteiger partial charge in [-0.1, -0.05) is 12.8 Å². The number of nitro benzene ring substituents is 1. The van der Waals surface area contributed by atoms with Gasteiger partial charge in [-0.2, -0.15) is 0 Å². The molecule has 1 saturated carbocycles. The van der Waals surface area contributed by atoms with Gasteiger partial charge in [-0.15, -0.1) is 0 Å². The van der Waals surface area contributed by atoms with Gasteiger partial charge in [0, 0.05) is 17.7 Å². The molecule has 9 nitrogen and oxygen atoms in total. The number of nitrogens with zero attached hydrogens (tertiary/aromatic N) is 2. The summed E-state index contributed by atoms with van der Waals surface area (Å²) in [5.41, 5.74) is -1.36. The number of cyclic esters (lactones) is 1. The maximum Gasteiger partial charge on any atom is 0.346 e. The molecule has 0 spiro atoms. The van der Waals surface area contributed by atoms with E-state index in [1.165, 1.54) is 24.3 Å². The van der Waals surface area contributed by atoms with Crippen LogP contribution in [-0.2, 0) is 14.3 Å². The molecule has 1 aromatic carbocycles. The number of hydrogen-bond acceptors (Lipinski definition) is 8. The number of benzene rings is 1. The van der Waals surface area contributed by atoms with Crippen LogP contribution in [-0.4, -0.2) is 39.4 Å². The van der Waals surface area contributed by atoms with Crippen molar-refractivity contribution >= 4 is 23.5 Å². The summed E-state index contributed by atoms with van der Waals surface area (Å²) < 4.78 is 11.3. The zero-order valence-corrected chi connectivity index (χ0v) is 20.0. The van der Waals surface area contributed by atoms with Crippen LogP contribution in [0.4, 0.5) is 5.69 Å². The van der Waals surface area contributed by atoms with Gasteiger partial charge in [-0.05, 0) is 66.5 Å². The number of ether oxygens (including phenoxy) is 2. The topological polar surface area (TPSA) is 120 Å². The summed E-state index contributed by atoms with van der Waals surface area (Å²) in [5.74, 6) is -1.35. The van der Waals surface area contributed by atoms with Gasteiger partial charge in [-0.25, -0.2) is 14.6 Å². The third kappa shape index (κ3) is 5.65. The predicted octanol–water partition coefficient (Wildman–Crippen LogP) is 4.46. The molecule has 3 rings (SSSR count). The number of carbonyl (C=O) groups is 2. The number of carbonyl (C=O) groups excluding carboxylic acids is 2. The highest BCUT2D eigenvalue weighted by Crippen LogP contribution is 2.42. The average Bonchev–Trinajstić information content (AvgIpc) is 3.24. The van der Waals surface area contributed by atoms with E-state index in [1.807, 2.05) is 41.5 Å². The Kier molecular flexibility index (Phi) is 6.48. The first kappa shape index (κ1) is 24.6. The van der Waals surface area contributed by atoms with Crippen LogP contribution in [0.15, 0.2) is 40.6 Å². The number of hydrogen-bond donors (Lipinski definition) is 1. The molecule has 9 heteroatoms. The van der Waals surface area contributed by atoms with E-state index < -0.39 is 27.9 Å². The zero-order chi connectivity index (χ0) is 24.6. The number of aliphatic imine (C=N–C) groups is 1. The van der Waals surface area contributed by atoms with Gasteiger partial charge in [0.05, 0.1) is 21.6 Å². The average molecular weight is 458 g/mol. The second-order valence-corrected chi connectivity index (χ2v) is 10.5. The lowest BCUT2D eigenvalue weighted by Gasteiger charge is -2.37. The molecule has 1 aliphatic carbocycles. The minimum atomic E-state index is -0.749. The lowest BCUT2D eigenvalue weighted by atomic mass is 9.84. The predicted molar refractivity (Wildman–Crippen MR) is 123 cm³/mol. The number of nitrogens with one attached hydrogen (secondary N) is 1. The van der Waals surface area contributed by atoms with Crippen molar-refractivity contribution in [3.8, 4) is 0 Å². The Morgan fingerprint density at radius 2 is 1.70 bits per heavy atom. The number of esters is 2. The normalized spacial score (nSPS) is 19.7. The van der Waals surface area contributed by atoms with E-state index in [9.17, 15) is 19.7 Å². The first-order valence-corrected chi connectivity index (χ1v) is 11.0. The Morgan fingerprint density at radius 1 is 1.12 bits per heavy atom. The monoisotopic (exact) mass is 457 g/mol. The molecule has 0 amide bonds. The lowest BCUT2D eigenvalue weighted by Crippen LogP contribution is -2.55. The van der Waals surface area contributed by atoms with Gasteiger partial charge in [0.1, 0.15) is 5.57 Å². The van der Waals surface area contributed by atoms with Crippen LogP contribution in [0, 0.1) is 10.1 Å². The largest absolute Gasteiger partial charge is 0.416 e. The van der Waals surface area contributed by atoms with E-state index in [4.69, 9.17) is 9.47 Å². The van der Waals surface area contributed by atoms with Crippen molar-refractivity contribution in [3.05, 3.63) is 51.3 Å². The van der Waals surface area contributed by atoms with Crippen LogP contribution < -0.4 is 5.32 Å². The van der Waals surface area contributed by atoms with Crippen molar-refractivity contribution in [2.45, 2.75) is 83.8 Å². The Labute approximate surface area is 193 Å². The number of non-ortho nitro benzene ring substituents is 1. The van der Waals surface area contributed by atoms with E-state index in [1.54, 1.807) is 0 Å². The molecule has 33 heavy (non-hydrogen) atoms. The van der Waals surface area contributed by atoms with Crippen molar-refractivity contribution in [1.82, 2.24) is 5.32 Å². The van der Waals surface area contributed by atoms with Crippen LogP contribution >= 0.6 is 0 Å². The first-order valence-electron chi connectivity index (χ1n) is 11.0. The number of rotatable bonds is 5. The van der Waals surface area contributed by atoms with Crippen molar-refractivity contribution in [1.29, 1.82) is 0 Å². The zero-order valence-electron chi connectivity index (χ0n) is 20.0. The van der Waals surface area contributed by atoms with Gasteiger partial charge < -0.3 is 14.8 Å². The minimum Gasteiger partial charge on any atom is -0.416 e. The standard InChI is InChI=1S/C24H31N3O6/c1-22(2,3)25-19-18(32-20(28)15-9-11-16(12-10-15)27(30)31)17(21(29)33-19)24(13-7-8-14-24)26-23(4,5)6/h9-12,26H,7-8,13-14H2,1-6H3. The van der Waals surface area contributed by atoms with Crippen molar-refractivity contribution < 1.29 is 24.0 Å². The van der Waals surface area contributed by atoms with Crippen molar-refractivity contribution in [2.24, 2.45) is 4.99 Å². The molecule has 1 aliphatic heterocycles. The minimum absolute atomic E-state index is 0.0110. The van der Waals surface area contributed by atoms with Gasteiger partial charge in [0.2, 0.25) is 5.76 Å². The summed E-state index contributed by atoms with van der Waals surface area (Å²) in [6.07, 6.45) is 3.20. The molecule has 0 radical (unpaired) electrons. The van der Waals surface area contributed by atoms with E-state index >= 15 is 0 Å². The van der Waals surface area contributed by atoms with Gasteiger partial charge in [0.25, 0.3) is 11.6 Å². The molecule has 0 aromatic heterocycles. The van der Waals surface area contributed by atoms with Crippen LogP contribution in [0.1, 0.15) is 77.6 Å². The van der Waals surface area contributed by atoms with Gasteiger partial charge >= 0.3 is 11.9 Å². The molecule has 0 saturated heterocycles. The molecule has 0 bridgehead atoms. The number of nitro groups is 1. The fraction of sp³-hybridized carbons (Fsp3) is 0.542. The maximum absolute atomic E-state index is 13.1. The Bertz CT molecular complexity index is 1020. The Hall–Kier alpha value is -3.07. The summed E-state index contributed by atoms with van der Waals surface area (Å²) in [7, 11) is 0. The molecule has 1 N–H and O–H groups in total. The fourth-order valence-corrected chi connectivity index (χ4v) is 4.28. The van der Waals surface area contributed by atoms with Gasteiger partial charge in [-0.3, -0.25) is 10.1 Å². The third-order valence-corrected chi connectivity index (χ3v) is 5.31. The third-order valence-electron chi connectivity index (χ3n) is 5.31. The summed E-state index contributed by atoms with van der Waals surface area (Å²) in [4.78, 5) is 41.0. The van der Waals surface area contributed by atoms with E-state index in [0.717, 1.165) is 12.8 Å². The van der Waals surface area contributed by atoms with Crippen LogP contribution in [0.2, 0.25) is 0 Å². The van der Waals surface area contributed by atoms with Crippen molar-refractivity contribution in [3.63, 3.8) is 0 Å². The van der Waals surface area contributed by atoms with Crippen molar-refractivity contribution in [2.75, 3.05) is 0 Å². The molecular weight excluding hydrogens is 426 g/mol. The highest BCUT2D eigenvalue weighted by molar-refractivity contribution is 6.16. The molecule has 1 heterocycles. The molecule has 0 atom stereocenters. The van der Waals surface area contributed by atoms with E-state index in [-0.39, 0.29) is 34.0 Å². The fourth-order valence-electron chi connectivity index (χ4n) is 4.28. The molecule has 1 fully saturated rings. The summed E-state index contributed by atoms with van der Waals surface area (Å²) in [5, 5.41) is 14.5. The van der Waals surface area contributed by atoms with Gasteiger partial charge in [0.15, 0.2) is 0 Å². The molecule has 0 unspecified atom stereocenters. The summed E-state index contributed by atoms with van der Waals surface area (Å²) >= 11 is 0. The molecule has 1 aromatic rings. The highest BCUT2D eigenvalue weighted by atomic mass is 16.6. The lowest BCUT2D eigenvalue weighted by molar-refractivity contribution is -0.384. The van der Waals surface area contributed by atoms with Crippen LogP contribution in [0.3, 0.4) is 0 Å². The second-order valence-electron chi connectivity index (χ2n) is 10.5. The molecule has 178 valence electrons. The first-order chi connectivity index (χ1) is 15.2. The van der Waals surface area contributed by atoms with Crippen LogP contribution in [0.5, 0.6) is 0 Å². The van der Waals surface area contributed by atoms with E-state index in [0.29, 0.717) is 12.8 Å². The Balaban J connectivity index is 2.09.